The molecular formula is C2H4FO2P. The van der Waals surface area contributed by atoms with Gasteiger partial charge in [0.05, 0.1) is 13.2 Å². The first-order chi connectivity index (χ1) is 2.89. The van der Waals surface area contributed by atoms with E-state index in [-0.39, 0.29) is 0 Å². The van der Waals surface area contributed by atoms with Crippen molar-refractivity contribution in [3.05, 3.63) is 0 Å². The van der Waals surface area contributed by atoms with Crippen molar-refractivity contribution in [2.24, 2.45) is 0 Å². The Morgan fingerprint density at radius 2 is 1.83 bits per heavy atom. The van der Waals surface area contributed by atoms with Crippen LogP contribution in [0.3, 0.4) is 0 Å². The lowest BCUT2D eigenvalue weighted by atomic mass is 10.8. The van der Waals surface area contributed by atoms with Crippen LogP contribution in [0.25, 0.3) is 0 Å². The Morgan fingerprint density at radius 1 is 1.33 bits per heavy atom. The van der Waals surface area contributed by atoms with Crippen LogP contribution in [0.1, 0.15) is 0 Å². The summed E-state index contributed by atoms with van der Waals surface area (Å²) in [5.41, 5.74) is 0. The van der Waals surface area contributed by atoms with Gasteiger partial charge < -0.3 is 9.05 Å². The Kier molecular flexibility index (Phi) is 1.35. The maximum Gasteiger partial charge on any atom is 0.375 e. The number of rotatable bonds is 0. The van der Waals surface area contributed by atoms with Gasteiger partial charge in [-0.15, -0.1) is 0 Å². The molecule has 1 rings (SSSR count). The predicted octanol–water partition coefficient (Wildman–Crippen LogP) is 1.23. The van der Waals surface area contributed by atoms with E-state index in [1.165, 1.54) is 0 Å². The zero-order valence-corrected chi connectivity index (χ0v) is 3.95. The summed E-state index contributed by atoms with van der Waals surface area (Å²) in [4.78, 5) is 0. The molecule has 1 aliphatic rings. The predicted molar refractivity (Wildman–Crippen MR) is 19.9 cm³/mol. The lowest BCUT2D eigenvalue weighted by Gasteiger charge is -1.86. The van der Waals surface area contributed by atoms with Crippen molar-refractivity contribution in [3.63, 3.8) is 0 Å². The summed E-state index contributed by atoms with van der Waals surface area (Å²) < 4.78 is 20.2. The van der Waals surface area contributed by atoms with E-state index in [4.69, 9.17) is 0 Å². The summed E-state index contributed by atoms with van der Waals surface area (Å²) in [5, 5.41) is 0. The van der Waals surface area contributed by atoms with Gasteiger partial charge in [-0.1, -0.05) is 0 Å². The Balaban J connectivity index is 2.18. The zero-order valence-electron chi connectivity index (χ0n) is 3.06. The molecule has 0 amide bonds. The van der Waals surface area contributed by atoms with E-state index in [1.54, 1.807) is 0 Å². The normalized spacial score (nSPS) is 25.5. The molecule has 0 radical (unpaired) electrons. The first-order valence-electron chi connectivity index (χ1n) is 1.61. The summed E-state index contributed by atoms with van der Waals surface area (Å²) in [6.45, 7) is 0.838. The maximum atomic E-state index is 11.5. The molecule has 1 aliphatic heterocycles. The minimum absolute atomic E-state index is 0.419. The minimum Gasteiger partial charge on any atom is -0.307 e. The van der Waals surface area contributed by atoms with Gasteiger partial charge >= 0.3 is 8.69 Å². The third-order valence-corrected chi connectivity index (χ3v) is 1.24. The topological polar surface area (TPSA) is 18.5 Å². The molecule has 0 bridgehead atoms. The fourth-order valence-electron chi connectivity index (χ4n) is 0.255. The van der Waals surface area contributed by atoms with Gasteiger partial charge in [-0.3, -0.25) is 0 Å². The molecule has 1 fully saturated rings. The van der Waals surface area contributed by atoms with E-state index in [9.17, 15) is 4.20 Å². The molecule has 0 aromatic carbocycles. The Labute approximate surface area is 36.3 Å². The highest BCUT2D eigenvalue weighted by molar-refractivity contribution is 7.41. The fraction of sp³-hybridized carbons (Fsp3) is 1.00. The second-order valence-electron chi connectivity index (χ2n) is 0.879. The van der Waals surface area contributed by atoms with E-state index in [1.807, 2.05) is 0 Å². The first-order valence-corrected chi connectivity index (χ1v) is 2.68. The van der Waals surface area contributed by atoms with Crippen LogP contribution >= 0.6 is 8.69 Å². The van der Waals surface area contributed by atoms with E-state index >= 15 is 0 Å². The molecule has 1 saturated heterocycles. The Hall–Kier alpha value is 0.280. The molecule has 0 spiro atoms. The van der Waals surface area contributed by atoms with Crippen molar-refractivity contribution in [2.75, 3.05) is 13.2 Å². The van der Waals surface area contributed by atoms with Gasteiger partial charge in [0, 0.05) is 0 Å². The largest absolute Gasteiger partial charge is 0.375 e. The molecule has 6 heavy (non-hydrogen) atoms. The molecule has 0 aromatic rings. The SMILES string of the molecule is FP1OCCO1. The summed E-state index contributed by atoms with van der Waals surface area (Å²) in [7, 11) is -1.97. The quantitative estimate of drug-likeness (QED) is 0.436. The molecular weight excluding hydrogens is 106 g/mol. The third kappa shape index (κ3) is 0.869. The lowest BCUT2D eigenvalue weighted by Crippen LogP contribution is -1.79. The molecule has 0 unspecified atom stereocenters. The average Bonchev–Trinajstić information content (AvgIpc) is 1.86. The fourth-order valence-corrected chi connectivity index (χ4v) is 0.766. The lowest BCUT2D eigenvalue weighted by molar-refractivity contribution is 0.365. The highest BCUT2D eigenvalue weighted by Crippen LogP contribution is 2.43. The van der Waals surface area contributed by atoms with E-state index in [0.29, 0.717) is 13.2 Å². The summed E-state index contributed by atoms with van der Waals surface area (Å²) >= 11 is 0. The van der Waals surface area contributed by atoms with Crippen LogP contribution in [-0.4, -0.2) is 13.2 Å². The van der Waals surface area contributed by atoms with Gasteiger partial charge in [-0.25, -0.2) is 0 Å². The van der Waals surface area contributed by atoms with Crippen LogP contribution in [-0.2, 0) is 9.05 Å². The average molecular weight is 110 g/mol. The first kappa shape index (κ1) is 4.44. The second kappa shape index (κ2) is 1.82. The van der Waals surface area contributed by atoms with Crippen molar-refractivity contribution >= 4 is 8.69 Å². The molecule has 0 N–H and O–H groups in total. The van der Waals surface area contributed by atoms with E-state index in [0.717, 1.165) is 0 Å². The third-order valence-electron chi connectivity index (χ3n) is 0.469. The van der Waals surface area contributed by atoms with Crippen molar-refractivity contribution < 1.29 is 13.2 Å². The second-order valence-corrected chi connectivity index (χ2v) is 1.82. The molecule has 0 aliphatic carbocycles. The van der Waals surface area contributed by atoms with Gasteiger partial charge in [-0.05, 0) is 0 Å². The Morgan fingerprint density at radius 3 is 2.00 bits per heavy atom. The molecule has 0 saturated carbocycles. The zero-order chi connectivity index (χ0) is 4.41. The highest BCUT2D eigenvalue weighted by Gasteiger charge is 2.14. The van der Waals surface area contributed by atoms with Crippen molar-refractivity contribution in [1.82, 2.24) is 0 Å². The van der Waals surface area contributed by atoms with Gasteiger partial charge in [-0.2, -0.15) is 4.20 Å². The van der Waals surface area contributed by atoms with Crippen LogP contribution < -0.4 is 0 Å². The van der Waals surface area contributed by atoms with Crippen LogP contribution in [0.4, 0.5) is 4.20 Å². The number of hydrogen-bond acceptors (Lipinski definition) is 2. The molecule has 4 heteroatoms. The Bertz CT molecular complexity index is 44.8. The van der Waals surface area contributed by atoms with Gasteiger partial charge in [0.25, 0.3) is 0 Å². The smallest absolute Gasteiger partial charge is 0.307 e. The standard InChI is InChI=1S/C2H4FO2P/c3-6-4-1-2-5-6/h1-2H2. The highest BCUT2D eigenvalue weighted by atomic mass is 31.2. The molecule has 0 atom stereocenters. The number of halogens is 1. The monoisotopic (exact) mass is 110 g/mol. The molecule has 36 valence electrons. The summed E-state index contributed by atoms with van der Waals surface area (Å²) in [6.07, 6.45) is 0. The van der Waals surface area contributed by atoms with E-state index < -0.39 is 8.69 Å². The van der Waals surface area contributed by atoms with E-state index in [2.05, 4.69) is 9.05 Å². The van der Waals surface area contributed by atoms with Crippen LogP contribution in [0, 0.1) is 0 Å². The summed E-state index contributed by atoms with van der Waals surface area (Å²) in [6, 6.07) is 0. The maximum absolute atomic E-state index is 11.5. The minimum atomic E-state index is -1.97. The molecule has 0 aromatic heterocycles. The molecule has 2 nitrogen and oxygen atoms in total. The van der Waals surface area contributed by atoms with Gasteiger partial charge in [0.1, 0.15) is 0 Å². The van der Waals surface area contributed by atoms with Gasteiger partial charge in [0.2, 0.25) is 0 Å². The summed E-state index contributed by atoms with van der Waals surface area (Å²) in [5.74, 6) is 0. The van der Waals surface area contributed by atoms with Crippen molar-refractivity contribution in [1.29, 1.82) is 0 Å². The van der Waals surface area contributed by atoms with Crippen molar-refractivity contribution in [2.45, 2.75) is 0 Å². The van der Waals surface area contributed by atoms with Crippen LogP contribution in [0.15, 0.2) is 0 Å². The van der Waals surface area contributed by atoms with Crippen LogP contribution in [0.2, 0.25) is 0 Å². The molecule has 1 heterocycles. The van der Waals surface area contributed by atoms with Gasteiger partial charge in [0.15, 0.2) is 0 Å². The number of hydrogen-bond donors (Lipinski definition) is 0. The van der Waals surface area contributed by atoms with Crippen LogP contribution in [0.5, 0.6) is 0 Å². The van der Waals surface area contributed by atoms with Crippen molar-refractivity contribution in [3.8, 4) is 0 Å².